The van der Waals surface area contributed by atoms with Crippen LogP contribution >= 0.6 is 0 Å². The zero-order valence-electron chi connectivity index (χ0n) is 20.1. The van der Waals surface area contributed by atoms with E-state index in [2.05, 4.69) is 0 Å². The van der Waals surface area contributed by atoms with Crippen LogP contribution in [0.4, 0.5) is 4.39 Å². The fraction of sp³-hybridized carbons (Fsp3) is 0.333. The van der Waals surface area contributed by atoms with Gasteiger partial charge in [-0.15, -0.1) is 0 Å². The van der Waals surface area contributed by atoms with Gasteiger partial charge in [0, 0.05) is 24.2 Å². The number of ether oxygens (including phenoxy) is 5. The third kappa shape index (κ3) is 5.85. The van der Waals surface area contributed by atoms with E-state index in [0.717, 1.165) is 22.4 Å². The summed E-state index contributed by atoms with van der Waals surface area (Å²) in [5.41, 5.74) is 3.31. The van der Waals surface area contributed by atoms with Crippen LogP contribution in [0.1, 0.15) is 28.5 Å². The fourth-order valence-corrected chi connectivity index (χ4v) is 4.14. The molecular formula is C27H30FNO6. The van der Waals surface area contributed by atoms with Crippen LogP contribution in [-0.4, -0.2) is 44.5 Å². The first-order valence-electron chi connectivity index (χ1n) is 11.3. The summed E-state index contributed by atoms with van der Waals surface area (Å²) in [6.45, 7) is 2.13. The van der Waals surface area contributed by atoms with Crippen molar-refractivity contribution in [3.05, 3.63) is 82.7 Å². The van der Waals surface area contributed by atoms with Crippen molar-refractivity contribution in [2.45, 2.75) is 26.0 Å². The van der Waals surface area contributed by atoms with Gasteiger partial charge in [0.1, 0.15) is 24.4 Å². The maximum absolute atomic E-state index is 13.4. The van der Waals surface area contributed by atoms with Gasteiger partial charge in [-0.05, 0) is 47.5 Å². The zero-order valence-corrected chi connectivity index (χ0v) is 20.1. The normalized spacial score (nSPS) is 14.4. The average molecular weight is 484 g/mol. The maximum atomic E-state index is 13.4. The molecule has 3 aromatic carbocycles. The molecule has 3 aromatic rings. The number of hydrogen-bond donors (Lipinski definition) is 1. The molecule has 0 amide bonds. The molecule has 0 bridgehead atoms. The molecule has 8 heteroatoms. The first-order valence-corrected chi connectivity index (χ1v) is 11.3. The molecule has 0 aromatic heterocycles. The fourth-order valence-electron chi connectivity index (χ4n) is 4.14. The van der Waals surface area contributed by atoms with E-state index in [1.165, 1.54) is 12.1 Å². The lowest BCUT2D eigenvalue weighted by Gasteiger charge is -2.27. The van der Waals surface area contributed by atoms with Crippen molar-refractivity contribution in [2.24, 2.45) is 0 Å². The van der Waals surface area contributed by atoms with E-state index in [0.29, 0.717) is 55.7 Å². The van der Waals surface area contributed by atoms with Gasteiger partial charge in [0.05, 0.1) is 34.5 Å². The second kappa shape index (κ2) is 11.4. The van der Waals surface area contributed by atoms with Crippen molar-refractivity contribution in [1.29, 1.82) is 0 Å². The van der Waals surface area contributed by atoms with Crippen molar-refractivity contribution in [1.82, 2.24) is 4.90 Å². The van der Waals surface area contributed by atoms with Crippen molar-refractivity contribution in [3.63, 3.8) is 0 Å². The van der Waals surface area contributed by atoms with Crippen LogP contribution in [0.15, 0.2) is 54.6 Å². The van der Waals surface area contributed by atoms with Gasteiger partial charge in [0.25, 0.3) is 0 Å². The molecule has 1 heterocycles. The zero-order chi connectivity index (χ0) is 24.8. The van der Waals surface area contributed by atoms with Crippen LogP contribution in [0, 0.1) is 5.82 Å². The highest BCUT2D eigenvalue weighted by Crippen LogP contribution is 2.40. The number of nitrogens with zero attached hydrogens (tertiary/aromatic N) is 1. The Morgan fingerprint density at radius 3 is 2.31 bits per heavy atom. The van der Waals surface area contributed by atoms with Gasteiger partial charge in [-0.1, -0.05) is 18.2 Å². The Morgan fingerprint density at radius 2 is 1.66 bits per heavy atom. The van der Waals surface area contributed by atoms with E-state index in [9.17, 15) is 9.50 Å². The van der Waals surface area contributed by atoms with Crippen molar-refractivity contribution < 1.29 is 33.2 Å². The molecule has 35 heavy (non-hydrogen) atoms. The van der Waals surface area contributed by atoms with Crippen molar-refractivity contribution in [2.75, 3.05) is 34.5 Å². The van der Waals surface area contributed by atoms with E-state index >= 15 is 0 Å². The summed E-state index contributed by atoms with van der Waals surface area (Å²) in [4.78, 5) is 1.92. The van der Waals surface area contributed by atoms with E-state index < -0.39 is 6.23 Å². The smallest absolute Gasteiger partial charge is 0.203 e. The Labute approximate surface area is 204 Å². The highest BCUT2D eigenvalue weighted by atomic mass is 19.1. The van der Waals surface area contributed by atoms with E-state index in [4.69, 9.17) is 23.7 Å². The molecule has 1 aliphatic rings. The molecule has 1 atom stereocenters. The van der Waals surface area contributed by atoms with Gasteiger partial charge in [-0.25, -0.2) is 4.39 Å². The summed E-state index contributed by atoms with van der Waals surface area (Å²) in [7, 11) is 4.63. The highest BCUT2D eigenvalue weighted by molar-refractivity contribution is 5.54. The topological polar surface area (TPSA) is 69.6 Å². The van der Waals surface area contributed by atoms with Gasteiger partial charge < -0.3 is 28.8 Å². The molecule has 7 nitrogen and oxygen atoms in total. The monoisotopic (exact) mass is 483 g/mol. The van der Waals surface area contributed by atoms with Crippen LogP contribution in [0.5, 0.6) is 23.0 Å². The summed E-state index contributed by atoms with van der Waals surface area (Å²) in [5.74, 6) is 1.92. The van der Waals surface area contributed by atoms with Crippen LogP contribution in [-0.2, 0) is 24.5 Å². The third-order valence-corrected chi connectivity index (χ3v) is 5.89. The number of aliphatic hydroxyl groups excluding tert-OH is 1. The second-order valence-electron chi connectivity index (χ2n) is 8.22. The number of rotatable bonds is 9. The lowest BCUT2D eigenvalue weighted by atomic mass is 10.1. The molecule has 0 spiro atoms. The van der Waals surface area contributed by atoms with E-state index in [1.807, 2.05) is 29.2 Å². The van der Waals surface area contributed by atoms with Crippen molar-refractivity contribution >= 4 is 0 Å². The Morgan fingerprint density at radius 1 is 0.943 bits per heavy atom. The summed E-state index contributed by atoms with van der Waals surface area (Å²) >= 11 is 0. The highest BCUT2D eigenvalue weighted by Gasteiger charge is 2.25. The number of benzene rings is 3. The predicted octanol–water partition coefficient (Wildman–Crippen LogP) is 4.45. The molecule has 0 saturated carbocycles. The van der Waals surface area contributed by atoms with Gasteiger partial charge in [-0.2, -0.15) is 0 Å². The molecule has 1 N–H and O–H groups in total. The molecule has 1 unspecified atom stereocenters. The van der Waals surface area contributed by atoms with Crippen LogP contribution in [0.2, 0.25) is 0 Å². The molecular weight excluding hydrogens is 453 g/mol. The minimum Gasteiger partial charge on any atom is -0.493 e. The van der Waals surface area contributed by atoms with Crippen LogP contribution in [0.25, 0.3) is 0 Å². The Balaban J connectivity index is 1.48. The molecule has 1 aliphatic heterocycles. The molecule has 0 saturated heterocycles. The number of aliphatic hydroxyl groups is 1. The minimum absolute atomic E-state index is 0.279. The Hall–Kier alpha value is -3.33. The number of fused-ring (bicyclic) bond motifs is 1. The largest absolute Gasteiger partial charge is 0.493 e. The summed E-state index contributed by atoms with van der Waals surface area (Å²) < 4.78 is 41.4. The SMILES string of the molecule is COc1cc(C(O)N2CCOc3ccc(COCc4cccc(F)c4)cc3C2)cc(OC)c1OC. The second-order valence-corrected chi connectivity index (χ2v) is 8.22. The standard InChI is InChI=1S/C27H30FNO6/c1-31-24-13-20(14-25(32-2)26(24)33-3)27(30)29-9-10-35-23-8-7-19(11-21(23)15-29)17-34-16-18-5-4-6-22(28)12-18/h4-8,11-14,27,30H,9-10,15-17H2,1-3H3. The van der Waals surface area contributed by atoms with Crippen LogP contribution < -0.4 is 18.9 Å². The number of halogens is 1. The van der Waals surface area contributed by atoms with Gasteiger partial charge in [0.15, 0.2) is 11.5 Å². The van der Waals surface area contributed by atoms with Gasteiger partial charge in [0.2, 0.25) is 5.75 Å². The third-order valence-electron chi connectivity index (χ3n) is 5.89. The lowest BCUT2D eigenvalue weighted by Crippen LogP contribution is -2.30. The Bertz CT molecular complexity index is 1130. The number of hydrogen-bond acceptors (Lipinski definition) is 7. The summed E-state index contributed by atoms with van der Waals surface area (Å²) in [5, 5.41) is 11.2. The molecule has 0 aliphatic carbocycles. The first kappa shape index (κ1) is 24.8. The first-order chi connectivity index (χ1) is 17.0. The maximum Gasteiger partial charge on any atom is 0.203 e. The number of methoxy groups -OCH3 is 3. The predicted molar refractivity (Wildman–Crippen MR) is 128 cm³/mol. The van der Waals surface area contributed by atoms with Gasteiger partial charge in [-0.3, -0.25) is 4.90 Å². The van der Waals surface area contributed by atoms with Crippen molar-refractivity contribution in [3.8, 4) is 23.0 Å². The average Bonchev–Trinajstić information content (AvgIpc) is 3.09. The molecule has 0 radical (unpaired) electrons. The summed E-state index contributed by atoms with van der Waals surface area (Å²) in [6, 6.07) is 15.8. The van der Waals surface area contributed by atoms with Crippen LogP contribution in [0.3, 0.4) is 0 Å². The van der Waals surface area contributed by atoms with E-state index in [-0.39, 0.29) is 5.82 Å². The summed E-state index contributed by atoms with van der Waals surface area (Å²) in [6.07, 6.45) is -0.911. The molecule has 186 valence electrons. The molecule has 4 rings (SSSR count). The minimum atomic E-state index is -0.911. The van der Waals surface area contributed by atoms with E-state index in [1.54, 1.807) is 39.5 Å². The molecule has 0 fully saturated rings. The Kier molecular flexibility index (Phi) is 8.07. The quantitative estimate of drug-likeness (QED) is 0.482. The van der Waals surface area contributed by atoms with Gasteiger partial charge >= 0.3 is 0 Å². The lowest BCUT2D eigenvalue weighted by molar-refractivity contribution is -0.00688.